The number of hydrogen-bond acceptors (Lipinski definition) is 5. The summed E-state index contributed by atoms with van der Waals surface area (Å²) < 4.78 is 16.4. The van der Waals surface area contributed by atoms with Crippen molar-refractivity contribution >= 4 is 5.97 Å². The summed E-state index contributed by atoms with van der Waals surface area (Å²) in [4.78, 5) is 12.0. The number of carbonyl (C=O) groups excluding carboxylic acids is 1. The first-order chi connectivity index (χ1) is 10.1. The molecule has 2 unspecified atom stereocenters. The predicted octanol–water partition coefficient (Wildman–Crippen LogP) is 1.50. The molecule has 21 heavy (non-hydrogen) atoms. The van der Waals surface area contributed by atoms with Crippen molar-refractivity contribution in [1.29, 1.82) is 0 Å². The fraction of sp³-hybridized carbons (Fsp3) is 0.562. The summed E-state index contributed by atoms with van der Waals surface area (Å²) in [5.74, 6) is 1.18. The maximum Gasteiger partial charge on any atom is 0.310 e. The number of ether oxygens (including phenoxy) is 3. The highest BCUT2D eigenvalue weighted by Crippen LogP contribution is 2.40. The van der Waals surface area contributed by atoms with Crippen LogP contribution in [0.15, 0.2) is 18.2 Å². The molecule has 0 amide bonds. The van der Waals surface area contributed by atoms with Crippen molar-refractivity contribution in [3.8, 4) is 11.5 Å². The van der Waals surface area contributed by atoms with E-state index in [1.165, 1.54) is 7.11 Å². The molecule has 0 spiro atoms. The molecule has 1 fully saturated rings. The van der Waals surface area contributed by atoms with E-state index in [9.17, 15) is 4.79 Å². The molecule has 2 aliphatic heterocycles. The topological polar surface area (TPSA) is 56.8 Å². The number of benzene rings is 1. The van der Waals surface area contributed by atoms with Gasteiger partial charge in [0.15, 0.2) is 11.5 Å². The van der Waals surface area contributed by atoms with Gasteiger partial charge in [-0.2, -0.15) is 0 Å². The molecule has 5 nitrogen and oxygen atoms in total. The van der Waals surface area contributed by atoms with Crippen LogP contribution in [0.25, 0.3) is 0 Å². The first-order valence-electron chi connectivity index (χ1n) is 7.34. The van der Waals surface area contributed by atoms with Crippen LogP contribution in [-0.4, -0.2) is 39.4 Å². The third-order valence-corrected chi connectivity index (χ3v) is 4.50. The molecule has 0 aromatic heterocycles. The fourth-order valence-electron chi connectivity index (χ4n) is 3.13. The highest BCUT2D eigenvalue weighted by atomic mass is 16.5. The summed E-state index contributed by atoms with van der Waals surface area (Å²) >= 11 is 0. The molecule has 5 heteroatoms. The Morgan fingerprint density at radius 2 is 2.10 bits per heavy atom. The molecule has 0 bridgehead atoms. The first kappa shape index (κ1) is 14.2. The predicted molar refractivity (Wildman–Crippen MR) is 77.8 cm³/mol. The van der Waals surface area contributed by atoms with Crippen molar-refractivity contribution in [2.24, 2.45) is 5.92 Å². The number of nitrogens with one attached hydrogen (secondary N) is 1. The van der Waals surface area contributed by atoms with E-state index in [2.05, 4.69) is 12.2 Å². The summed E-state index contributed by atoms with van der Waals surface area (Å²) in [6, 6.07) is 5.97. The van der Waals surface area contributed by atoms with Gasteiger partial charge in [-0.15, -0.1) is 0 Å². The summed E-state index contributed by atoms with van der Waals surface area (Å²) in [6.45, 7) is 4.81. The van der Waals surface area contributed by atoms with Gasteiger partial charge in [0.25, 0.3) is 0 Å². The van der Waals surface area contributed by atoms with Gasteiger partial charge in [-0.05, 0) is 17.7 Å². The van der Waals surface area contributed by atoms with Crippen LogP contribution >= 0.6 is 0 Å². The van der Waals surface area contributed by atoms with E-state index in [1.54, 1.807) is 0 Å². The van der Waals surface area contributed by atoms with Crippen molar-refractivity contribution in [3.05, 3.63) is 23.8 Å². The van der Waals surface area contributed by atoms with Crippen LogP contribution in [0.1, 0.15) is 18.9 Å². The second-order valence-corrected chi connectivity index (χ2v) is 5.84. The summed E-state index contributed by atoms with van der Waals surface area (Å²) in [5.41, 5.74) is 0.782. The molecule has 114 valence electrons. The largest absolute Gasteiger partial charge is 0.490 e. The minimum absolute atomic E-state index is 0.172. The molecule has 1 N–H and O–H groups in total. The van der Waals surface area contributed by atoms with Gasteiger partial charge in [-0.3, -0.25) is 4.79 Å². The molecule has 1 aromatic carbocycles. The van der Waals surface area contributed by atoms with Crippen molar-refractivity contribution < 1.29 is 19.0 Å². The second-order valence-electron chi connectivity index (χ2n) is 5.84. The number of methoxy groups -OCH3 is 1. The number of rotatable bonds is 2. The molecular weight excluding hydrogens is 270 g/mol. The second kappa shape index (κ2) is 5.56. The monoisotopic (exact) mass is 291 g/mol. The van der Waals surface area contributed by atoms with Gasteiger partial charge < -0.3 is 19.5 Å². The average Bonchev–Trinajstić information content (AvgIpc) is 2.75. The van der Waals surface area contributed by atoms with E-state index in [1.807, 2.05) is 18.2 Å². The van der Waals surface area contributed by atoms with Crippen LogP contribution < -0.4 is 14.8 Å². The van der Waals surface area contributed by atoms with Gasteiger partial charge in [0.1, 0.15) is 0 Å². The smallest absolute Gasteiger partial charge is 0.310 e. The number of esters is 1. The lowest BCUT2D eigenvalue weighted by molar-refractivity contribution is -0.146. The Morgan fingerprint density at radius 3 is 2.86 bits per heavy atom. The van der Waals surface area contributed by atoms with Crippen molar-refractivity contribution in [1.82, 2.24) is 5.32 Å². The van der Waals surface area contributed by atoms with E-state index in [0.717, 1.165) is 30.0 Å². The molecule has 1 aromatic rings. The Morgan fingerprint density at radius 1 is 1.33 bits per heavy atom. The van der Waals surface area contributed by atoms with Gasteiger partial charge >= 0.3 is 5.97 Å². The Balaban J connectivity index is 1.95. The van der Waals surface area contributed by atoms with Crippen LogP contribution in [0.3, 0.4) is 0 Å². The Kier molecular flexibility index (Phi) is 3.76. The Bertz CT molecular complexity index is 545. The molecule has 0 aliphatic carbocycles. The molecule has 0 radical (unpaired) electrons. The van der Waals surface area contributed by atoms with Crippen LogP contribution in [0, 0.1) is 5.92 Å². The van der Waals surface area contributed by atoms with E-state index < -0.39 is 0 Å². The number of fused-ring (bicyclic) bond motifs is 1. The lowest BCUT2D eigenvalue weighted by atomic mass is 9.74. The van der Waals surface area contributed by atoms with Crippen molar-refractivity contribution in [3.63, 3.8) is 0 Å². The van der Waals surface area contributed by atoms with Crippen LogP contribution in [0.2, 0.25) is 0 Å². The SMILES string of the molecule is COC(=O)C1CNCC1(C)c1ccc2c(c1)OCCCO2. The van der Waals surface area contributed by atoms with Gasteiger partial charge in [0.2, 0.25) is 0 Å². The average molecular weight is 291 g/mol. The highest BCUT2D eigenvalue weighted by molar-refractivity contribution is 5.75. The number of hydrogen-bond donors (Lipinski definition) is 1. The summed E-state index contributed by atoms with van der Waals surface area (Å²) in [6.07, 6.45) is 0.883. The maximum atomic E-state index is 12.0. The van der Waals surface area contributed by atoms with Gasteiger partial charge in [0.05, 0.1) is 26.2 Å². The van der Waals surface area contributed by atoms with Gasteiger partial charge in [0, 0.05) is 24.9 Å². The molecule has 2 atom stereocenters. The first-order valence-corrected chi connectivity index (χ1v) is 7.34. The Labute approximate surface area is 124 Å². The zero-order valence-electron chi connectivity index (χ0n) is 12.5. The number of carbonyl (C=O) groups is 1. The summed E-state index contributed by atoms with van der Waals surface area (Å²) in [5, 5.41) is 3.30. The standard InChI is InChI=1S/C16H21NO4/c1-16(10-17-9-12(16)15(18)19-2)11-4-5-13-14(8-11)21-7-3-6-20-13/h4-5,8,12,17H,3,6-7,9-10H2,1-2H3. The zero-order chi connectivity index (χ0) is 14.9. The molecule has 1 saturated heterocycles. The van der Waals surface area contributed by atoms with Crippen molar-refractivity contribution in [2.45, 2.75) is 18.8 Å². The van der Waals surface area contributed by atoms with Crippen LogP contribution in [-0.2, 0) is 14.9 Å². The Hall–Kier alpha value is -1.75. The highest BCUT2D eigenvalue weighted by Gasteiger charge is 2.45. The minimum Gasteiger partial charge on any atom is -0.490 e. The minimum atomic E-state index is -0.294. The molecule has 0 saturated carbocycles. The van der Waals surface area contributed by atoms with E-state index in [4.69, 9.17) is 14.2 Å². The van der Waals surface area contributed by atoms with Gasteiger partial charge in [-0.1, -0.05) is 13.0 Å². The summed E-state index contributed by atoms with van der Waals surface area (Å²) in [7, 11) is 1.44. The van der Waals surface area contributed by atoms with Crippen molar-refractivity contribution in [2.75, 3.05) is 33.4 Å². The molecule has 2 aliphatic rings. The van der Waals surface area contributed by atoms with E-state index >= 15 is 0 Å². The lowest BCUT2D eigenvalue weighted by Crippen LogP contribution is -2.37. The fourth-order valence-corrected chi connectivity index (χ4v) is 3.13. The maximum absolute atomic E-state index is 12.0. The van der Waals surface area contributed by atoms with E-state index in [-0.39, 0.29) is 17.3 Å². The van der Waals surface area contributed by atoms with E-state index in [0.29, 0.717) is 19.8 Å². The molecular formula is C16H21NO4. The normalized spacial score (nSPS) is 28.0. The van der Waals surface area contributed by atoms with Crippen LogP contribution in [0.4, 0.5) is 0 Å². The third-order valence-electron chi connectivity index (χ3n) is 4.50. The van der Waals surface area contributed by atoms with Crippen LogP contribution in [0.5, 0.6) is 11.5 Å². The third kappa shape index (κ3) is 2.46. The molecule has 2 heterocycles. The molecule has 3 rings (SSSR count). The zero-order valence-corrected chi connectivity index (χ0v) is 12.5. The quantitative estimate of drug-likeness (QED) is 0.837. The lowest BCUT2D eigenvalue weighted by Gasteiger charge is -2.30. The van der Waals surface area contributed by atoms with Gasteiger partial charge in [-0.25, -0.2) is 0 Å².